The average Bonchev–Trinajstić information content (AvgIpc) is 2.33. The molecule has 0 fully saturated rings. The zero-order valence-corrected chi connectivity index (χ0v) is 10.5. The third-order valence-electron chi connectivity index (χ3n) is 2.95. The first-order chi connectivity index (χ1) is 8.95. The van der Waals surface area contributed by atoms with Gasteiger partial charge >= 0.3 is 5.69 Å². The van der Waals surface area contributed by atoms with Crippen LogP contribution in [0.2, 0.25) is 0 Å². The molecule has 0 unspecified atom stereocenters. The van der Waals surface area contributed by atoms with Gasteiger partial charge in [-0.3, -0.25) is 9.78 Å². The van der Waals surface area contributed by atoms with Crippen molar-refractivity contribution in [2.24, 2.45) is 0 Å². The van der Waals surface area contributed by atoms with Crippen LogP contribution in [0.5, 0.6) is 5.88 Å². The molecule has 1 aromatic carbocycles. The Kier molecular flexibility index (Phi) is 3.25. The van der Waals surface area contributed by atoms with E-state index in [0.717, 1.165) is 10.6 Å². The van der Waals surface area contributed by atoms with Crippen LogP contribution in [0.3, 0.4) is 0 Å². The van der Waals surface area contributed by atoms with Crippen molar-refractivity contribution >= 4 is 0 Å². The van der Waals surface area contributed by atoms with Gasteiger partial charge < -0.3 is 5.11 Å². The molecule has 1 heterocycles. The number of aryl methyl sites for hydroxylation is 1. The molecule has 0 aliphatic rings. The molecule has 2 rings (SSSR count). The van der Waals surface area contributed by atoms with Crippen molar-refractivity contribution in [2.45, 2.75) is 20.3 Å². The lowest BCUT2D eigenvalue weighted by atomic mass is 10.2. The summed E-state index contributed by atoms with van der Waals surface area (Å²) in [6.07, 6.45) is 0.260. The maximum atomic E-state index is 13.5. The molecular formula is C13H13FN2O3. The van der Waals surface area contributed by atoms with Gasteiger partial charge in [0.25, 0.3) is 5.56 Å². The molecule has 6 heteroatoms. The number of nitrogens with zero attached hydrogens (tertiary/aromatic N) is 1. The molecule has 0 saturated carbocycles. The molecule has 0 atom stereocenters. The summed E-state index contributed by atoms with van der Waals surface area (Å²) in [5, 5.41) is 9.98. The number of aromatic nitrogens is 2. The summed E-state index contributed by atoms with van der Waals surface area (Å²) in [5.41, 5.74) is -0.759. The van der Waals surface area contributed by atoms with Crippen molar-refractivity contribution in [3.8, 4) is 11.6 Å². The molecule has 2 aromatic rings. The van der Waals surface area contributed by atoms with Crippen LogP contribution in [0.1, 0.15) is 18.1 Å². The van der Waals surface area contributed by atoms with Crippen molar-refractivity contribution in [1.29, 1.82) is 0 Å². The molecule has 0 spiro atoms. The molecule has 0 saturated heterocycles. The third-order valence-corrected chi connectivity index (χ3v) is 2.95. The number of hydrogen-bond acceptors (Lipinski definition) is 3. The standard InChI is InChI=1S/C13H13FN2O3/c1-3-9-11(17)15-13(19)16(12(9)18)8-5-4-7(2)10(14)6-8/h4-6,18H,3H2,1-2H3,(H,15,17,19). The number of aromatic hydroxyl groups is 1. The van der Waals surface area contributed by atoms with Crippen LogP contribution in [0.15, 0.2) is 27.8 Å². The Hall–Kier alpha value is -2.37. The van der Waals surface area contributed by atoms with Gasteiger partial charge in [0, 0.05) is 0 Å². The van der Waals surface area contributed by atoms with Crippen LogP contribution < -0.4 is 11.2 Å². The minimum absolute atomic E-state index is 0.0839. The molecule has 0 aliphatic heterocycles. The SMILES string of the molecule is CCc1c(O)n(-c2ccc(C)c(F)c2)c(=O)[nH]c1=O. The second-order valence-corrected chi connectivity index (χ2v) is 4.18. The lowest BCUT2D eigenvalue weighted by Crippen LogP contribution is -2.31. The smallest absolute Gasteiger partial charge is 0.335 e. The van der Waals surface area contributed by atoms with E-state index in [-0.39, 0.29) is 17.7 Å². The van der Waals surface area contributed by atoms with E-state index < -0.39 is 22.9 Å². The molecule has 0 aliphatic carbocycles. The van der Waals surface area contributed by atoms with Gasteiger partial charge in [0.2, 0.25) is 5.88 Å². The topological polar surface area (TPSA) is 75.1 Å². The first-order valence-electron chi connectivity index (χ1n) is 5.79. The van der Waals surface area contributed by atoms with Gasteiger partial charge in [-0.05, 0) is 31.0 Å². The summed E-state index contributed by atoms with van der Waals surface area (Å²) in [5.74, 6) is -0.951. The zero-order chi connectivity index (χ0) is 14.2. The molecule has 19 heavy (non-hydrogen) atoms. The molecule has 2 N–H and O–H groups in total. The highest BCUT2D eigenvalue weighted by atomic mass is 19.1. The van der Waals surface area contributed by atoms with E-state index >= 15 is 0 Å². The Morgan fingerprint density at radius 2 is 2.05 bits per heavy atom. The highest BCUT2D eigenvalue weighted by Crippen LogP contribution is 2.18. The van der Waals surface area contributed by atoms with Gasteiger partial charge in [0.05, 0.1) is 11.3 Å². The van der Waals surface area contributed by atoms with Crippen LogP contribution >= 0.6 is 0 Å². The molecule has 0 amide bonds. The van der Waals surface area contributed by atoms with Crippen LogP contribution in [-0.2, 0) is 6.42 Å². The number of benzene rings is 1. The Balaban J connectivity index is 2.78. The highest BCUT2D eigenvalue weighted by Gasteiger charge is 2.14. The van der Waals surface area contributed by atoms with E-state index in [1.165, 1.54) is 12.1 Å². The Bertz CT molecular complexity index is 747. The first kappa shape index (κ1) is 13.1. The second kappa shape index (κ2) is 4.72. The number of hydrogen-bond donors (Lipinski definition) is 2. The van der Waals surface area contributed by atoms with Crippen LogP contribution in [0.25, 0.3) is 5.69 Å². The van der Waals surface area contributed by atoms with E-state index in [1.54, 1.807) is 13.8 Å². The fraction of sp³-hybridized carbons (Fsp3) is 0.231. The lowest BCUT2D eigenvalue weighted by molar-refractivity contribution is 0.423. The van der Waals surface area contributed by atoms with Gasteiger partial charge in [0.15, 0.2) is 0 Å². The van der Waals surface area contributed by atoms with Gasteiger partial charge in [-0.1, -0.05) is 13.0 Å². The van der Waals surface area contributed by atoms with Crippen molar-refractivity contribution in [3.05, 3.63) is 56.0 Å². The van der Waals surface area contributed by atoms with Crippen LogP contribution in [-0.4, -0.2) is 14.7 Å². The quantitative estimate of drug-likeness (QED) is 0.857. The molecule has 0 bridgehead atoms. The zero-order valence-electron chi connectivity index (χ0n) is 10.5. The van der Waals surface area contributed by atoms with Crippen molar-refractivity contribution in [3.63, 3.8) is 0 Å². The van der Waals surface area contributed by atoms with E-state index in [0.29, 0.717) is 5.56 Å². The lowest BCUT2D eigenvalue weighted by Gasteiger charge is -2.11. The molecule has 1 aromatic heterocycles. The first-order valence-corrected chi connectivity index (χ1v) is 5.79. The summed E-state index contributed by atoms with van der Waals surface area (Å²) in [7, 11) is 0. The summed E-state index contributed by atoms with van der Waals surface area (Å²) in [6, 6.07) is 4.12. The average molecular weight is 264 g/mol. The number of rotatable bonds is 2. The highest BCUT2D eigenvalue weighted by molar-refractivity contribution is 5.40. The summed E-state index contributed by atoms with van der Waals surface area (Å²) in [4.78, 5) is 25.3. The number of nitrogens with one attached hydrogen (secondary N) is 1. The van der Waals surface area contributed by atoms with Crippen molar-refractivity contribution in [1.82, 2.24) is 9.55 Å². The Morgan fingerprint density at radius 3 is 2.63 bits per heavy atom. The van der Waals surface area contributed by atoms with Gasteiger partial charge in [-0.25, -0.2) is 13.8 Å². The predicted octanol–water partition coefficient (Wildman–Crippen LogP) is 1.24. The number of aromatic amines is 1. The third kappa shape index (κ3) is 2.16. The summed E-state index contributed by atoms with van der Waals surface area (Å²) >= 11 is 0. The van der Waals surface area contributed by atoms with Gasteiger partial charge in [-0.2, -0.15) is 0 Å². The predicted molar refractivity (Wildman–Crippen MR) is 68.4 cm³/mol. The number of halogens is 1. The van der Waals surface area contributed by atoms with E-state index in [1.807, 2.05) is 0 Å². The van der Waals surface area contributed by atoms with E-state index in [9.17, 15) is 19.1 Å². The summed E-state index contributed by atoms with van der Waals surface area (Å²) in [6.45, 7) is 3.26. The van der Waals surface area contributed by atoms with Crippen molar-refractivity contribution < 1.29 is 9.50 Å². The van der Waals surface area contributed by atoms with Crippen LogP contribution in [0, 0.1) is 12.7 Å². The minimum atomic E-state index is -0.803. The minimum Gasteiger partial charge on any atom is -0.494 e. The van der Waals surface area contributed by atoms with Gasteiger partial charge in [0.1, 0.15) is 5.82 Å². The van der Waals surface area contributed by atoms with E-state index in [4.69, 9.17) is 0 Å². The summed E-state index contributed by atoms with van der Waals surface area (Å²) < 4.78 is 14.4. The van der Waals surface area contributed by atoms with E-state index in [2.05, 4.69) is 4.98 Å². The maximum Gasteiger partial charge on any atom is 0.335 e. The monoisotopic (exact) mass is 264 g/mol. The fourth-order valence-electron chi connectivity index (χ4n) is 1.84. The molecule has 0 radical (unpaired) electrons. The molecular weight excluding hydrogens is 251 g/mol. The molecule has 100 valence electrons. The van der Waals surface area contributed by atoms with Crippen molar-refractivity contribution in [2.75, 3.05) is 0 Å². The normalized spacial score (nSPS) is 10.7. The second-order valence-electron chi connectivity index (χ2n) is 4.18. The maximum absolute atomic E-state index is 13.5. The van der Waals surface area contributed by atoms with Crippen LogP contribution in [0.4, 0.5) is 4.39 Å². The Morgan fingerprint density at radius 1 is 1.37 bits per heavy atom. The fourth-order valence-corrected chi connectivity index (χ4v) is 1.84. The van der Waals surface area contributed by atoms with Gasteiger partial charge in [-0.15, -0.1) is 0 Å². The molecule has 5 nitrogen and oxygen atoms in total. The largest absolute Gasteiger partial charge is 0.494 e. The Labute approximate surface area is 108 Å². The number of H-pyrrole nitrogens is 1.